The lowest BCUT2D eigenvalue weighted by Gasteiger charge is -2.33. The molecule has 0 saturated carbocycles. The Bertz CT molecular complexity index is 919. The maximum atomic E-state index is 13.0. The number of aliphatic hydroxyl groups is 1. The molecule has 0 aliphatic carbocycles. The van der Waals surface area contributed by atoms with Gasteiger partial charge < -0.3 is 29.3 Å². The minimum atomic E-state index is -0.995. The minimum Gasteiger partial charge on any atom is -0.493 e. The molecule has 2 aromatic carbocycles. The van der Waals surface area contributed by atoms with Crippen molar-refractivity contribution >= 4 is 6.09 Å². The summed E-state index contributed by atoms with van der Waals surface area (Å²) in [6.07, 6.45) is -1.08. The van der Waals surface area contributed by atoms with E-state index in [0.29, 0.717) is 43.4 Å². The van der Waals surface area contributed by atoms with Gasteiger partial charge >= 0.3 is 6.09 Å². The number of carbonyl (C=O) groups is 1. The first-order chi connectivity index (χ1) is 15.2. The lowest BCUT2D eigenvalue weighted by molar-refractivity contribution is 0.0481. The van der Waals surface area contributed by atoms with Gasteiger partial charge in [-0.25, -0.2) is 9.18 Å². The first kappa shape index (κ1) is 23.7. The molecule has 8 heteroatoms. The van der Waals surface area contributed by atoms with Crippen LogP contribution in [0.2, 0.25) is 0 Å². The van der Waals surface area contributed by atoms with Crippen molar-refractivity contribution in [3.8, 4) is 17.2 Å². The molecule has 174 valence electrons. The zero-order chi connectivity index (χ0) is 23.3. The molecular weight excluding hydrogens is 417 g/mol. The number of likely N-dealkylation sites (tertiary alicyclic amines) is 1. The van der Waals surface area contributed by atoms with E-state index in [2.05, 4.69) is 0 Å². The van der Waals surface area contributed by atoms with Crippen LogP contribution in [0.4, 0.5) is 9.18 Å². The summed E-state index contributed by atoms with van der Waals surface area (Å²) in [4.78, 5) is 12.9. The van der Waals surface area contributed by atoms with Crippen molar-refractivity contribution in [2.45, 2.75) is 32.3 Å². The van der Waals surface area contributed by atoms with Crippen molar-refractivity contribution in [2.75, 3.05) is 33.4 Å². The lowest BCUT2D eigenvalue weighted by atomic mass is 9.72. The fraction of sp³-hybridized carbons (Fsp3) is 0.458. The predicted octanol–water partition coefficient (Wildman–Crippen LogP) is 4.15. The zero-order valence-electron chi connectivity index (χ0n) is 18.6. The predicted molar refractivity (Wildman–Crippen MR) is 117 cm³/mol. The van der Waals surface area contributed by atoms with E-state index in [1.807, 2.05) is 19.1 Å². The van der Waals surface area contributed by atoms with Crippen molar-refractivity contribution < 1.29 is 33.6 Å². The normalized spacial score (nSPS) is 21.3. The number of amides is 1. The van der Waals surface area contributed by atoms with Gasteiger partial charge in [0.15, 0.2) is 11.5 Å². The maximum absolute atomic E-state index is 13.0. The standard InChI is InChI=1S/C24H30FNO6/c1-16(27)24(2)15-26(23(28)29)14-20(24)17-5-10-21(30-3)22(13-17)32-12-4-11-31-19-8-6-18(25)7-9-19/h5-10,13,16,20,27H,4,11-12,14-15H2,1-3H3,(H,28,29). The Balaban J connectivity index is 1.66. The Hall–Kier alpha value is -3.00. The molecule has 1 amide bonds. The van der Waals surface area contributed by atoms with E-state index in [-0.39, 0.29) is 18.3 Å². The summed E-state index contributed by atoms with van der Waals surface area (Å²) in [6.45, 7) is 4.94. The number of aliphatic hydroxyl groups excluding tert-OH is 1. The quantitative estimate of drug-likeness (QED) is 0.562. The van der Waals surface area contributed by atoms with Crippen molar-refractivity contribution in [3.05, 3.63) is 53.8 Å². The van der Waals surface area contributed by atoms with E-state index in [1.165, 1.54) is 17.0 Å². The van der Waals surface area contributed by atoms with E-state index in [1.54, 1.807) is 32.2 Å². The van der Waals surface area contributed by atoms with Gasteiger partial charge in [-0.3, -0.25) is 0 Å². The van der Waals surface area contributed by atoms with Crippen LogP contribution in [0.15, 0.2) is 42.5 Å². The number of hydrogen-bond donors (Lipinski definition) is 2. The second-order valence-corrected chi connectivity index (χ2v) is 8.31. The van der Waals surface area contributed by atoms with Gasteiger partial charge in [-0.2, -0.15) is 0 Å². The number of methoxy groups -OCH3 is 1. The highest BCUT2D eigenvalue weighted by Gasteiger charge is 2.48. The van der Waals surface area contributed by atoms with Gasteiger partial charge in [0, 0.05) is 30.8 Å². The molecule has 2 aromatic rings. The van der Waals surface area contributed by atoms with Crippen LogP contribution in [0.1, 0.15) is 31.7 Å². The molecule has 2 N–H and O–H groups in total. The molecule has 3 unspecified atom stereocenters. The first-order valence-corrected chi connectivity index (χ1v) is 10.6. The largest absolute Gasteiger partial charge is 0.493 e. The molecule has 32 heavy (non-hydrogen) atoms. The summed E-state index contributed by atoms with van der Waals surface area (Å²) in [5, 5.41) is 19.9. The van der Waals surface area contributed by atoms with Gasteiger partial charge in [0.05, 0.1) is 26.4 Å². The molecule has 0 aromatic heterocycles. The van der Waals surface area contributed by atoms with Crippen molar-refractivity contribution in [1.82, 2.24) is 4.90 Å². The number of ether oxygens (including phenoxy) is 3. The molecule has 1 aliphatic heterocycles. The average molecular weight is 448 g/mol. The highest BCUT2D eigenvalue weighted by atomic mass is 19.1. The van der Waals surface area contributed by atoms with E-state index in [0.717, 1.165) is 5.56 Å². The number of benzene rings is 2. The van der Waals surface area contributed by atoms with Crippen LogP contribution in [-0.4, -0.2) is 60.7 Å². The average Bonchev–Trinajstić information content (AvgIpc) is 3.14. The molecule has 1 heterocycles. The van der Waals surface area contributed by atoms with Crippen LogP contribution >= 0.6 is 0 Å². The van der Waals surface area contributed by atoms with Crippen LogP contribution < -0.4 is 14.2 Å². The Morgan fingerprint density at radius 1 is 1.19 bits per heavy atom. The van der Waals surface area contributed by atoms with Crippen LogP contribution in [0.5, 0.6) is 17.2 Å². The summed E-state index contributed by atoms with van der Waals surface area (Å²) in [6, 6.07) is 11.4. The van der Waals surface area contributed by atoms with Crippen molar-refractivity contribution in [3.63, 3.8) is 0 Å². The molecule has 3 rings (SSSR count). The molecular formula is C24H30FNO6. The first-order valence-electron chi connectivity index (χ1n) is 10.6. The third-order valence-electron chi connectivity index (χ3n) is 6.17. The Morgan fingerprint density at radius 2 is 1.88 bits per heavy atom. The van der Waals surface area contributed by atoms with Crippen molar-refractivity contribution in [2.24, 2.45) is 5.41 Å². The fourth-order valence-corrected chi connectivity index (χ4v) is 4.05. The molecule has 1 aliphatic rings. The summed E-state index contributed by atoms with van der Waals surface area (Å²) in [7, 11) is 1.56. The third-order valence-corrected chi connectivity index (χ3v) is 6.17. The van der Waals surface area contributed by atoms with Gasteiger partial charge in [-0.15, -0.1) is 0 Å². The molecule has 1 fully saturated rings. The van der Waals surface area contributed by atoms with Crippen molar-refractivity contribution in [1.29, 1.82) is 0 Å². The van der Waals surface area contributed by atoms with E-state index < -0.39 is 17.6 Å². The van der Waals surface area contributed by atoms with Gasteiger partial charge in [0.2, 0.25) is 0 Å². The lowest BCUT2D eigenvalue weighted by Crippen LogP contribution is -2.37. The fourth-order valence-electron chi connectivity index (χ4n) is 4.05. The molecule has 0 spiro atoms. The van der Waals surface area contributed by atoms with Crippen LogP contribution in [-0.2, 0) is 0 Å². The van der Waals surface area contributed by atoms with Gasteiger partial charge in [-0.05, 0) is 48.9 Å². The van der Waals surface area contributed by atoms with Crippen LogP contribution in [0.25, 0.3) is 0 Å². The monoisotopic (exact) mass is 447 g/mol. The minimum absolute atomic E-state index is 0.186. The molecule has 3 atom stereocenters. The summed E-state index contributed by atoms with van der Waals surface area (Å²) >= 11 is 0. The summed E-state index contributed by atoms with van der Waals surface area (Å²) in [5.74, 6) is 1.21. The second-order valence-electron chi connectivity index (χ2n) is 8.31. The van der Waals surface area contributed by atoms with Crippen LogP contribution in [0, 0.1) is 11.2 Å². The molecule has 0 bridgehead atoms. The topological polar surface area (TPSA) is 88.5 Å². The highest BCUT2D eigenvalue weighted by molar-refractivity contribution is 5.66. The maximum Gasteiger partial charge on any atom is 0.407 e. The summed E-state index contributed by atoms with van der Waals surface area (Å²) in [5.41, 5.74) is 0.267. The number of rotatable bonds is 9. The zero-order valence-corrected chi connectivity index (χ0v) is 18.6. The van der Waals surface area contributed by atoms with Gasteiger partial charge in [0.25, 0.3) is 0 Å². The van der Waals surface area contributed by atoms with E-state index in [4.69, 9.17) is 14.2 Å². The van der Waals surface area contributed by atoms with E-state index >= 15 is 0 Å². The third kappa shape index (κ3) is 5.24. The van der Waals surface area contributed by atoms with E-state index in [9.17, 15) is 19.4 Å². The van der Waals surface area contributed by atoms with Gasteiger partial charge in [0.1, 0.15) is 11.6 Å². The Morgan fingerprint density at radius 3 is 2.50 bits per heavy atom. The van der Waals surface area contributed by atoms with Gasteiger partial charge in [-0.1, -0.05) is 13.0 Å². The summed E-state index contributed by atoms with van der Waals surface area (Å²) < 4.78 is 29.9. The number of carboxylic acid groups (broad SMARTS) is 1. The second kappa shape index (κ2) is 10.1. The number of nitrogens with zero attached hydrogens (tertiary/aromatic N) is 1. The molecule has 7 nitrogen and oxygen atoms in total. The SMILES string of the molecule is COc1ccc(C2CN(C(=O)O)CC2(C)C(C)O)cc1OCCCOc1ccc(F)cc1. The van der Waals surface area contributed by atoms with Crippen LogP contribution in [0.3, 0.4) is 0 Å². The molecule has 0 radical (unpaired) electrons. The smallest absolute Gasteiger partial charge is 0.407 e. The number of halogens is 1. The Kier molecular flexibility index (Phi) is 7.45. The Labute approximate surface area is 187 Å². The number of hydrogen-bond acceptors (Lipinski definition) is 5. The molecule has 1 saturated heterocycles. The highest BCUT2D eigenvalue weighted by Crippen LogP contribution is 2.46.